The summed E-state index contributed by atoms with van der Waals surface area (Å²) >= 11 is 0. The number of sulfonamides is 1. The Morgan fingerprint density at radius 3 is 2.46 bits per heavy atom. The van der Waals surface area contributed by atoms with E-state index in [4.69, 9.17) is 9.47 Å². The van der Waals surface area contributed by atoms with E-state index in [1.165, 1.54) is 9.71 Å². The molecule has 0 spiro atoms. The summed E-state index contributed by atoms with van der Waals surface area (Å²) in [5.74, 6) is 1.58. The van der Waals surface area contributed by atoms with E-state index >= 15 is 0 Å². The summed E-state index contributed by atoms with van der Waals surface area (Å²) in [5, 5.41) is 1.27. The largest absolute Gasteiger partial charge is 0.486 e. The molecule has 2 saturated heterocycles. The van der Waals surface area contributed by atoms with Crippen LogP contribution in [-0.4, -0.2) is 80.9 Å². The van der Waals surface area contributed by atoms with E-state index in [0.29, 0.717) is 45.9 Å². The predicted molar refractivity (Wildman–Crippen MR) is 134 cm³/mol. The zero-order valence-electron chi connectivity index (χ0n) is 19.7. The molecule has 3 aliphatic rings. The molecule has 0 N–H and O–H groups in total. The van der Waals surface area contributed by atoms with Crippen molar-refractivity contribution in [2.45, 2.75) is 18.9 Å². The number of hydrogen-bond donors (Lipinski definition) is 0. The first-order valence-electron chi connectivity index (χ1n) is 12.1. The van der Waals surface area contributed by atoms with Gasteiger partial charge in [-0.05, 0) is 42.2 Å². The van der Waals surface area contributed by atoms with Gasteiger partial charge in [0.15, 0.2) is 11.5 Å². The number of rotatable bonds is 6. The molecule has 35 heavy (non-hydrogen) atoms. The first kappa shape index (κ1) is 23.8. The second kappa shape index (κ2) is 10.4. The highest BCUT2D eigenvalue weighted by atomic mass is 32.2. The maximum Gasteiger partial charge on any atom is 0.237 e. The quantitative estimate of drug-likeness (QED) is 0.611. The number of carbonyl (C=O) groups excluding carboxylic acids is 1. The minimum atomic E-state index is -3.49. The van der Waals surface area contributed by atoms with Gasteiger partial charge in [-0.3, -0.25) is 9.69 Å². The fourth-order valence-corrected chi connectivity index (χ4v) is 6.09. The van der Waals surface area contributed by atoms with Crippen molar-refractivity contribution in [2.75, 3.05) is 52.5 Å². The molecular weight excluding hydrogens is 466 g/mol. The molecule has 0 bridgehead atoms. The summed E-state index contributed by atoms with van der Waals surface area (Å²) in [6.07, 6.45) is 3.51. The highest BCUT2D eigenvalue weighted by molar-refractivity contribution is 7.92. The Kier molecular flexibility index (Phi) is 7.08. The summed E-state index contributed by atoms with van der Waals surface area (Å²) in [6, 6.07) is 15.4. The number of piperazine rings is 1. The second-order valence-corrected chi connectivity index (χ2v) is 10.9. The van der Waals surface area contributed by atoms with Gasteiger partial charge in [-0.25, -0.2) is 8.42 Å². The maximum atomic E-state index is 13.2. The molecular formula is C26H31N3O5S. The average molecular weight is 498 g/mol. The minimum Gasteiger partial charge on any atom is -0.486 e. The van der Waals surface area contributed by atoms with Gasteiger partial charge in [0.2, 0.25) is 15.9 Å². The van der Waals surface area contributed by atoms with Gasteiger partial charge in [-0.1, -0.05) is 36.4 Å². The van der Waals surface area contributed by atoms with E-state index < -0.39 is 10.0 Å². The third-order valence-electron chi connectivity index (χ3n) is 6.81. The zero-order valence-corrected chi connectivity index (χ0v) is 20.5. The van der Waals surface area contributed by atoms with Crippen molar-refractivity contribution < 1.29 is 22.7 Å². The molecule has 2 aromatic carbocycles. The van der Waals surface area contributed by atoms with Gasteiger partial charge in [0, 0.05) is 38.1 Å². The lowest BCUT2D eigenvalue weighted by Gasteiger charge is -2.34. The Morgan fingerprint density at radius 2 is 1.69 bits per heavy atom. The second-order valence-electron chi connectivity index (χ2n) is 9.08. The molecule has 2 fully saturated rings. The Morgan fingerprint density at radius 1 is 0.943 bits per heavy atom. The molecule has 0 aliphatic carbocycles. The van der Waals surface area contributed by atoms with Crippen molar-refractivity contribution in [1.82, 2.24) is 14.1 Å². The van der Waals surface area contributed by atoms with Crippen LogP contribution in [0.15, 0.2) is 53.9 Å². The summed E-state index contributed by atoms with van der Waals surface area (Å²) in [5.41, 5.74) is 1.92. The van der Waals surface area contributed by atoms with E-state index in [1.807, 2.05) is 53.4 Å². The monoisotopic (exact) mass is 497 g/mol. The van der Waals surface area contributed by atoms with Crippen LogP contribution in [0, 0.1) is 0 Å². The molecule has 1 atom stereocenters. The summed E-state index contributed by atoms with van der Waals surface area (Å²) in [7, 11) is -3.49. The van der Waals surface area contributed by atoms with Gasteiger partial charge in [0.05, 0.1) is 12.6 Å². The third kappa shape index (κ3) is 5.52. The maximum absolute atomic E-state index is 13.2. The van der Waals surface area contributed by atoms with Crippen LogP contribution in [0.25, 0.3) is 6.08 Å². The van der Waals surface area contributed by atoms with E-state index in [2.05, 4.69) is 4.90 Å². The third-order valence-corrected chi connectivity index (χ3v) is 8.37. The molecule has 0 saturated carbocycles. The number of ether oxygens (including phenoxy) is 2. The van der Waals surface area contributed by atoms with Crippen LogP contribution in [0.3, 0.4) is 0 Å². The van der Waals surface area contributed by atoms with Crippen molar-refractivity contribution in [3.05, 3.63) is 65.1 Å². The van der Waals surface area contributed by atoms with Gasteiger partial charge in [-0.2, -0.15) is 4.31 Å². The normalized spacial score (nSPS) is 21.5. The van der Waals surface area contributed by atoms with Crippen LogP contribution in [0.4, 0.5) is 0 Å². The summed E-state index contributed by atoms with van der Waals surface area (Å²) in [4.78, 5) is 17.2. The number of nitrogens with zero attached hydrogens (tertiary/aromatic N) is 3. The number of carbonyl (C=O) groups is 1. The van der Waals surface area contributed by atoms with Crippen molar-refractivity contribution in [3.8, 4) is 11.5 Å². The lowest BCUT2D eigenvalue weighted by molar-refractivity contribution is -0.133. The molecule has 9 heteroatoms. The Labute approximate surface area is 206 Å². The van der Waals surface area contributed by atoms with Crippen LogP contribution in [0.1, 0.15) is 30.0 Å². The molecule has 3 heterocycles. The molecule has 5 rings (SSSR count). The molecule has 2 aromatic rings. The Bertz CT molecular complexity index is 1180. The first-order chi connectivity index (χ1) is 17.0. The van der Waals surface area contributed by atoms with Gasteiger partial charge >= 0.3 is 0 Å². The highest BCUT2D eigenvalue weighted by Crippen LogP contribution is 2.38. The van der Waals surface area contributed by atoms with Gasteiger partial charge < -0.3 is 14.4 Å². The summed E-state index contributed by atoms with van der Waals surface area (Å²) < 4.78 is 38.3. The van der Waals surface area contributed by atoms with Crippen LogP contribution < -0.4 is 9.47 Å². The van der Waals surface area contributed by atoms with Crippen LogP contribution in [0.2, 0.25) is 0 Å². The number of fused-ring (bicyclic) bond motifs is 1. The molecule has 0 radical (unpaired) electrons. The Balaban J connectivity index is 1.16. The smallest absolute Gasteiger partial charge is 0.237 e. The molecule has 1 unspecified atom stereocenters. The van der Waals surface area contributed by atoms with E-state index in [1.54, 1.807) is 6.08 Å². The number of amides is 1. The van der Waals surface area contributed by atoms with Gasteiger partial charge in [0.1, 0.15) is 13.2 Å². The predicted octanol–water partition coefficient (Wildman–Crippen LogP) is 2.74. The van der Waals surface area contributed by atoms with Crippen molar-refractivity contribution in [3.63, 3.8) is 0 Å². The van der Waals surface area contributed by atoms with E-state index in [9.17, 15) is 13.2 Å². The number of hydrogen-bond acceptors (Lipinski definition) is 6. The minimum absolute atomic E-state index is 0.0307. The number of likely N-dealkylation sites (tertiary alicyclic amines) is 1. The molecule has 3 aliphatic heterocycles. The molecule has 1 amide bonds. The molecule has 0 aromatic heterocycles. The SMILES string of the molecule is O=C(CN1CCN(S(=O)(=O)C=Cc2ccccc2)CC1)N1CCCC1c1ccc2c(c1)OCCO2. The number of benzene rings is 2. The highest BCUT2D eigenvalue weighted by Gasteiger charge is 2.33. The topological polar surface area (TPSA) is 79.4 Å². The molecule has 8 nitrogen and oxygen atoms in total. The van der Waals surface area contributed by atoms with Crippen molar-refractivity contribution in [2.24, 2.45) is 0 Å². The Hall–Kier alpha value is -2.88. The lowest BCUT2D eigenvalue weighted by Crippen LogP contribution is -2.51. The van der Waals surface area contributed by atoms with Gasteiger partial charge in [0.25, 0.3) is 0 Å². The first-order valence-corrected chi connectivity index (χ1v) is 13.6. The molecule has 186 valence electrons. The van der Waals surface area contributed by atoms with Crippen LogP contribution in [-0.2, 0) is 14.8 Å². The van der Waals surface area contributed by atoms with Crippen LogP contribution >= 0.6 is 0 Å². The van der Waals surface area contributed by atoms with Crippen molar-refractivity contribution >= 4 is 22.0 Å². The standard InChI is InChI=1S/C26H31N3O5S/c30-26(29-11-4-7-23(29)22-8-9-24-25(19-22)34-17-16-33-24)20-27-12-14-28(15-13-27)35(31,32)18-10-21-5-2-1-3-6-21/h1-3,5-6,8-10,18-19,23H,4,7,11-17,20H2. The van der Waals surface area contributed by atoms with Gasteiger partial charge in [-0.15, -0.1) is 0 Å². The zero-order chi connectivity index (χ0) is 24.3. The fraction of sp³-hybridized carbons (Fsp3) is 0.423. The summed E-state index contributed by atoms with van der Waals surface area (Å²) in [6.45, 7) is 3.94. The van der Waals surface area contributed by atoms with Crippen LogP contribution in [0.5, 0.6) is 11.5 Å². The fourth-order valence-electron chi connectivity index (χ4n) is 4.92. The van der Waals surface area contributed by atoms with E-state index in [-0.39, 0.29) is 11.9 Å². The lowest BCUT2D eigenvalue weighted by atomic mass is 10.0. The average Bonchev–Trinajstić information content (AvgIpc) is 3.39. The van der Waals surface area contributed by atoms with E-state index in [0.717, 1.165) is 42.0 Å². The van der Waals surface area contributed by atoms with Crippen molar-refractivity contribution in [1.29, 1.82) is 0 Å².